The van der Waals surface area contributed by atoms with Gasteiger partial charge in [-0.1, -0.05) is 0 Å². The van der Waals surface area contributed by atoms with Crippen LogP contribution in [0.3, 0.4) is 0 Å². The molecular weight excluding hydrogens is 292 g/mol. The van der Waals surface area contributed by atoms with Crippen LogP contribution in [0.2, 0.25) is 0 Å². The Kier molecular flexibility index (Phi) is 5.48. The Labute approximate surface area is 119 Å². The minimum absolute atomic E-state index is 0.283. The van der Waals surface area contributed by atoms with E-state index in [0.717, 1.165) is 0 Å². The third kappa shape index (κ3) is 3.35. The van der Waals surface area contributed by atoms with Crippen LogP contribution in [-0.2, 0) is 14.2 Å². The van der Waals surface area contributed by atoms with Crippen LogP contribution in [0.5, 0.6) is 0 Å². The maximum absolute atomic E-state index is 9.78. The highest BCUT2D eigenvalue weighted by Crippen LogP contribution is 2.25. The zero-order valence-corrected chi connectivity index (χ0v) is 11.0. The molecule has 2 fully saturated rings. The quantitative estimate of drug-likeness (QED) is 0.268. The number of aliphatic hydroxyl groups is 7. The standard InChI is InChI=1S/C11H20O10/c12-1-3-5(13)7(15)9(17)11(20-3)21-4-2-19-10(18)8(16)6(4)14/h3-18H,1-2H2/t3-,4+,5-,6+,7+,8-,9-,10?,11-/m1/s1. The summed E-state index contributed by atoms with van der Waals surface area (Å²) in [6.45, 7) is -0.899. The van der Waals surface area contributed by atoms with Gasteiger partial charge in [0.2, 0.25) is 0 Å². The van der Waals surface area contributed by atoms with Crippen LogP contribution in [-0.4, -0.2) is 104 Å². The molecule has 0 amide bonds. The molecule has 0 saturated carbocycles. The Bertz CT molecular complexity index is 339. The Morgan fingerprint density at radius 2 is 1.52 bits per heavy atom. The van der Waals surface area contributed by atoms with Crippen molar-refractivity contribution in [1.29, 1.82) is 0 Å². The molecule has 7 N–H and O–H groups in total. The van der Waals surface area contributed by atoms with Crippen molar-refractivity contribution < 1.29 is 50.0 Å². The maximum Gasteiger partial charge on any atom is 0.187 e. The normalized spacial score (nSPS) is 51.9. The van der Waals surface area contributed by atoms with Crippen LogP contribution < -0.4 is 0 Å². The van der Waals surface area contributed by atoms with Crippen LogP contribution in [0, 0.1) is 0 Å². The number of hydrogen-bond acceptors (Lipinski definition) is 10. The summed E-state index contributed by atoms with van der Waals surface area (Å²) in [7, 11) is 0. The highest BCUT2D eigenvalue weighted by Gasteiger charge is 2.47. The van der Waals surface area contributed by atoms with Crippen molar-refractivity contribution in [2.45, 2.75) is 55.3 Å². The van der Waals surface area contributed by atoms with Crippen LogP contribution in [0.4, 0.5) is 0 Å². The van der Waals surface area contributed by atoms with Crippen molar-refractivity contribution in [3.05, 3.63) is 0 Å². The summed E-state index contributed by atoms with van der Waals surface area (Å²) in [6, 6.07) is 0. The van der Waals surface area contributed by atoms with E-state index in [-0.39, 0.29) is 6.61 Å². The number of ether oxygens (including phenoxy) is 3. The van der Waals surface area contributed by atoms with Crippen molar-refractivity contribution in [1.82, 2.24) is 0 Å². The van der Waals surface area contributed by atoms with Crippen LogP contribution in [0.15, 0.2) is 0 Å². The fourth-order valence-corrected chi connectivity index (χ4v) is 2.25. The number of aliphatic hydroxyl groups excluding tert-OH is 7. The van der Waals surface area contributed by atoms with Crippen molar-refractivity contribution in [3.8, 4) is 0 Å². The van der Waals surface area contributed by atoms with Crippen molar-refractivity contribution in [2.24, 2.45) is 0 Å². The molecule has 0 bridgehead atoms. The van der Waals surface area contributed by atoms with Gasteiger partial charge in [0, 0.05) is 0 Å². The molecule has 2 saturated heterocycles. The van der Waals surface area contributed by atoms with Gasteiger partial charge in [-0.15, -0.1) is 0 Å². The average molecular weight is 312 g/mol. The zero-order chi connectivity index (χ0) is 15.7. The maximum atomic E-state index is 9.78. The van der Waals surface area contributed by atoms with E-state index in [0.29, 0.717) is 0 Å². The molecule has 2 rings (SSSR count). The lowest BCUT2D eigenvalue weighted by molar-refractivity contribution is -0.340. The largest absolute Gasteiger partial charge is 0.394 e. The highest BCUT2D eigenvalue weighted by atomic mass is 16.7. The van der Waals surface area contributed by atoms with Crippen LogP contribution >= 0.6 is 0 Å². The Morgan fingerprint density at radius 1 is 0.857 bits per heavy atom. The third-order valence-corrected chi connectivity index (χ3v) is 3.61. The lowest BCUT2D eigenvalue weighted by Gasteiger charge is -2.43. The van der Waals surface area contributed by atoms with E-state index in [1.807, 2.05) is 0 Å². The van der Waals surface area contributed by atoms with Crippen molar-refractivity contribution in [3.63, 3.8) is 0 Å². The molecular formula is C11H20O10. The van der Waals surface area contributed by atoms with Gasteiger partial charge in [0.05, 0.1) is 13.2 Å². The Hall–Kier alpha value is -0.400. The van der Waals surface area contributed by atoms with Gasteiger partial charge in [-0.3, -0.25) is 0 Å². The van der Waals surface area contributed by atoms with Gasteiger partial charge in [0.25, 0.3) is 0 Å². The molecule has 0 radical (unpaired) electrons. The second kappa shape index (κ2) is 6.79. The average Bonchev–Trinajstić information content (AvgIpc) is 2.48. The number of rotatable bonds is 3. The molecule has 2 heterocycles. The predicted molar refractivity (Wildman–Crippen MR) is 62.6 cm³/mol. The Morgan fingerprint density at radius 3 is 2.14 bits per heavy atom. The van der Waals surface area contributed by atoms with Gasteiger partial charge in [0.1, 0.15) is 42.7 Å². The molecule has 0 aromatic rings. The topological polar surface area (TPSA) is 169 Å². The fourth-order valence-electron chi connectivity index (χ4n) is 2.25. The molecule has 10 nitrogen and oxygen atoms in total. The molecule has 0 spiro atoms. The van der Waals surface area contributed by atoms with E-state index in [2.05, 4.69) is 0 Å². The molecule has 9 atom stereocenters. The van der Waals surface area contributed by atoms with Gasteiger partial charge >= 0.3 is 0 Å². The molecule has 0 aliphatic carbocycles. The van der Waals surface area contributed by atoms with Gasteiger partial charge in [-0.25, -0.2) is 0 Å². The zero-order valence-electron chi connectivity index (χ0n) is 11.0. The molecule has 10 heteroatoms. The summed E-state index contributed by atoms with van der Waals surface area (Å²) >= 11 is 0. The predicted octanol–water partition coefficient (Wildman–Crippen LogP) is -4.76. The SMILES string of the molecule is OC[C@H]1O[C@H](O[C@H]2COC(O)[C@H](O)[C@H]2O)[C@H](O)[C@@H](O)[C@@H]1O. The minimum Gasteiger partial charge on any atom is -0.394 e. The summed E-state index contributed by atoms with van der Waals surface area (Å²) in [6.07, 6.45) is -13.2. The second-order valence-electron chi connectivity index (χ2n) is 5.08. The number of hydrogen-bond donors (Lipinski definition) is 7. The Balaban J connectivity index is 2.01. The van der Waals surface area contributed by atoms with Gasteiger partial charge < -0.3 is 50.0 Å². The monoisotopic (exact) mass is 312 g/mol. The molecule has 0 aromatic heterocycles. The minimum atomic E-state index is -1.63. The van der Waals surface area contributed by atoms with Gasteiger partial charge in [-0.2, -0.15) is 0 Å². The summed E-state index contributed by atoms with van der Waals surface area (Å²) in [5, 5.41) is 66.5. The van der Waals surface area contributed by atoms with E-state index < -0.39 is 61.9 Å². The third-order valence-electron chi connectivity index (χ3n) is 3.61. The molecule has 124 valence electrons. The van der Waals surface area contributed by atoms with E-state index in [1.165, 1.54) is 0 Å². The lowest BCUT2D eigenvalue weighted by Crippen LogP contribution is -2.62. The summed E-state index contributed by atoms with van der Waals surface area (Å²) < 4.78 is 15.1. The summed E-state index contributed by atoms with van der Waals surface area (Å²) in [5.74, 6) is 0. The molecule has 2 aliphatic rings. The van der Waals surface area contributed by atoms with Crippen LogP contribution in [0.1, 0.15) is 0 Å². The highest BCUT2D eigenvalue weighted by molar-refractivity contribution is 4.91. The summed E-state index contributed by atoms with van der Waals surface area (Å²) in [4.78, 5) is 0. The van der Waals surface area contributed by atoms with E-state index in [9.17, 15) is 30.6 Å². The first kappa shape index (κ1) is 17.0. The first-order chi connectivity index (χ1) is 9.86. The van der Waals surface area contributed by atoms with Crippen LogP contribution in [0.25, 0.3) is 0 Å². The van der Waals surface area contributed by atoms with Crippen molar-refractivity contribution in [2.75, 3.05) is 13.2 Å². The molecule has 2 aliphatic heterocycles. The first-order valence-electron chi connectivity index (χ1n) is 6.48. The van der Waals surface area contributed by atoms with Crippen molar-refractivity contribution >= 4 is 0 Å². The second-order valence-corrected chi connectivity index (χ2v) is 5.08. The van der Waals surface area contributed by atoms with Gasteiger partial charge in [-0.05, 0) is 0 Å². The molecule has 1 unspecified atom stereocenters. The first-order valence-corrected chi connectivity index (χ1v) is 6.48. The van der Waals surface area contributed by atoms with E-state index in [4.69, 9.17) is 19.3 Å². The summed E-state index contributed by atoms with van der Waals surface area (Å²) in [5.41, 5.74) is 0. The fraction of sp³-hybridized carbons (Fsp3) is 1.00. The molecule has 0 aromatic carbocycles. The van der Waals surface area contributed by atoms with E-state index in [1.54, 1.807) is 0 Å². The van der Waals surface area contributed by atoms with Gasteiger partial charge in [0.15, 0.2) is 12.6 Å². The lowest BCUT2D eigenvalue weighted by atomic mass is 9.99. The van der Waals surface area contributed by atoms with E-state index >= 15 is 0 Å². The smallest absolute Gasteiger partial charge is 0.187 e. The molecule has 21 heavy (non-hydrogen) atoms.